The Bertz CT molecular complexity index is 521. The maximum Gasteiger partial charge on any atom is 0.227 e. The van der Waals surface area contributed by atoms with Gasteiger partial charge in [-0.2, -0.15) is 5.10 Å². The van der Waals surface area contributed by atoms with Gasteiger partial charge in [-0.05, 0) is 46.1 Å². The molecule has 2 aliphatic rings. The maximum absolute atomic E-state index is 12.9. The monoisotopic (exact) mass is 319 g/mol. The molecule has 0 N–H and O–H groups in total. The number of aromatic nitrogens is 2. The van der Waals surface area contributed by atoms with Gasteiger partial charge in [0.2, 0.25) is 5.91 Å². The van der Waals surface area contributed by atoms with Crippen molar-refractivity contribution in [2.24, 2.45) is 5.92 Å². The van der Waals surface area contributed by atoms with E-state index in [9.17, 15) is 4.79 Å². The first-order chi connectivity index (χ1) is 11.0. The van der Waals surface area contributed by atoms with Gasteiger partial charge in [-0.3, -0.25) is 14.4 Å². The van der Waals surface area contributed by atoms with Crippen molar-refractivity contribution >= 4 is 5.91 Å². The number of nitrogens with zero attached hydrogens (tertiary/aromatic N) is 5. The van der Waals surface area contributed by atoms with Crippen LogP contribution < -0.4 is 0 Å². The Morgan fingerprint density at radius 1 is 1.22 bits per heavy atom. The second-order valence-corrected chi connectivity index (χ2v) is 7.34. The highest BCUT2D eigenvalue weighted by atomic mass is 16.2. The summed E-state index contributed by atoms with van der Waals surface area (Å²) in [6.07, 6.45) is 5.99. The van der Waals surface area contributed by atoms with Gasteiger partial charge in [0.1, 0.15) is 0 Å². The minimum Gasteiger partial charge on any atom is -0.339 e. The Morgan fingerprint density at radius 2 is 1.96 bits per heavy atom. The van der Waals surface area contributed by atoms with E-state index in [1.54, 1.807) is 6.20 Å². The number of piperazine rings is 1. The molecule has 1 aromatic rings. The molecule has 2 saturated heterocycles. The van der Waals surface area contributed by atoms with Crippen LogP contribution in [0, 0.1) is 5.92 Å². The SMILES string of the molecule is CC(Cn1cccn1)C(=O)N1CCN(C)C2(CCN(C)CC2)C1. The van der Waals surface area contributed by atoms with Crippen LogP contribution in [0.5, 0.6) is 0 Å². The number of rotatable bonds is 3. The number of carbonyl (C=O) groups is 1. The number of likely N-dealkylation sites (N-methyl/N-ethyl adjacent to an activating group) is 1. The Kier molecular flexibility index (Phi) is 4.73. The van der Waals surface area contributed by atoms with E-state index >= 15 is 0 Å². The number of amides is 1. The molecule has 6 nitrogen and oxygen atoms in total. The van der Waals surface area contributed by atoms with Crippen LogP contribution >= 0.6 is 0 Å². The van der Waals surface area contributed by atoms with Crippen LogP contribution in [0.3, 0.4) is 0 Å². The molecule has 128 valence electrons. The van der Waals surface area contributed by atoms with Crippen LogP contribution in [-0.4, -0.2) is 82.7 Å². The van der Waals surface area contributed by atoms with Gasteiger partial charge in [-0.15, -0.1) is 0 Å². The van der Waals surface area contributed by atoms with Gasteiger partial charge >= 0.3 is 0 Å². The van der Waals surface area contributed by atoms with E-state index in [0.717, 1.165) is 45.6 Å². The van der Waals surface area contributed by atoms with Gasteiger partial charge in [0.25, 0.3) is 0 Å². The molecule has 1 unspecified atom stereocenters. The quantitative estimate of drug-likeness (QED) is 0.825. The summed E-state index contributed by atoms with van der Waals surface area (Å²) >= 11 is 0. The highest BCUT2D eigenvalue weighted by Crippen LogP contribution is 2.31. The van der Waals surface area contributed by atoms with Crippen molar-refractivity contribution in [3.05, 3.63) is 18.5 Å². The van der Waals surface area contributed by atoms with Gasteiger partial charge in [-0.25, -0.2) is 0 Å². The molecule has 1 atom stereocenters. The van der Waals surface area contributed by atoms with Crippen molar-refractivity contribution in [3.8, 4) is 0 Å². The second-order valence-electron chi connectivity index (χ2n) is 7.34. The fraction of sp³-hybridized carbons (Fsp3) is 0.765. The summed E-state index contributed by atoms with van der Waals surface area (Å²) in [5.74, 6) is 0.244. The number of carbonyl (C=O) groups excluding carboxylic acids is 1. The lowest BCUT2D eigenvalue weighted by molar-refractivity contribution is -0.142. The lowest BCUT2D eigenvalue weighted by atomic mass is 9.83. The third kappa shape index (κ3) is 3.43. The fourth-order valence-corrected chi connectivity index (χ4v) is 3.90. The molecule has 23 heavy (non-hydrogen) atoms. The predicted molar refractivity (Wildman–Crippen MR) is 90.1 cm³/mol. The molecule has 0 bridgehead atoms. The van der Waals surface area contributed by atoms with Gasteiger partial charge < -0.3 is 9.80 Å². The summed E-state index contributed by atoms with van der Waals surface area (Å²) in [4.78, 5) is 19.9. The number of hydrogen-bond donors (Lipinski definition) is 0. The van der Waals surface area contributed by atoms with Crippen molar-refractivity contribution in [3.63, 3.8) is 0 Å². The van der Waals surface area contributed by atoms with Crippen molar-refractivity contribution < 1.29 is 4.79 Å². The number of likely N-dealkylation sites (tertiary alicyclic amines) is 1. The molecule has 0 aromatic carbocycles. The lowest BCUT2D eigenvalue weighted by Gasteiger charge is -2.53. The van der Waals surface area contributed by atoms with Crippen molar-refractivity contribution in [2.45, 2.75) is 31.8 Å². The van der Waals surface area contributed by atoms with Gasteiger partial charge in [0.05, 0.1) is 12.5 Å². The van der Waals surface area contributed by atoms with Gasteiger partial charge in [0.15, 0.2) is 0 Å². The minimum atomic E-state index is -0.0263. The Labute approximate surface area is 139 Å². The zero-order chi connectivity index (χ0) is 16.4. The maximum atomic E-state index is 12.9. The average Bonchev–Trinajstić information content (AvgIpc) is 3.05. The first-order valence-electron chi connectivity index (χ1n) is 8.66. The smallest absolute Gasteiger partial charge is 0.227 e. The lowest BCUT2D eigenvalue weighted by Crippen LogP contribution is -2.65. The van der Waals surface area contributed by atoms with Crippen LogP contribution in [-0.2, 0) is 11.3 Å². The Morgan fingerprint density at radius 3 is 2.61 bits per heavy atom. The summed E-state index contributed by atoms with van der Waals surface area (Å²) in [7, 11) is 4.41. The summed E-state index contributed by atoms with van der Waals surface area (Å²) in [6.45, 7) is 7.61. The van der Waals surface area contributed by atoms with Crippen molar-refractivity contribution in [1.82, 2.24) is 24.5 Å². The molecule has 1 spiro atoms. The molecule has 6 heteroatoms. The highest BCUT2D eigenvalue weighted by Gasteiger charge is 2.43. The zero-order valence-corrected chi connectivity index (χ0v) is 14.6. The topological polar surface area (TPSA) is 44.6 Å². The molecule has 3 rings (SSSR count). The van der Waals surface area contributed by atoms with E-state index in [-0.39, 0.29) is 17.4 Å². The minimum absolute atomic E-state index is 0.0263. The average molecular weight is 319 g/mol. The van der Waals surface area contributed by atoms with Crippen LogP contribution in [0.1, 0.15) is 19.8 Å². The molecule has 0 saturated carbocycles. The van der Waals surface area contributed by atoms with E-state index in [2.05, 4.69) is 33.9 Å². The van der Waals surface area contributed by atoms with E-state index < -0.39 is 0 Å². The van der Waals surface area contributed by atoms with Crippen molar-refractivity contribution in [1.29, 1.82) is 0 Å². The van der Waals surface area contributed by atoms with Gasteiger partial charge in [-0.1, -0.05) is 6.92 Å². The van der Waals surface area contributed by atoms with Crippen LogP contribution in [0.15, 0.2) is 18.5 Å². The summed E-state index contributed by atoms with van der Waals surface area (Å²) in [5.41, 5.74) is 0.172. The molecule has 0 aliphatic carbocycles. The molecule has 2 fully saturated rings. The highest BCUT2D eigenvalue weighted by molar-refractivity contribution is 5.78. The van der Waals surface area contributed by atoms with E-state index in [1.165, 1.54) is 0 Å². The molecular formula is C17H29N5O. The zero-order valence-electron chi connectivity index (χ0n) is 14.6. The van der Waals surface area contributed by atoms with E-state index in [4.69, 9.17) is 0 Å². The van der Waals surface area contributed by atoms with E-state index in [0.29, 0.717) is 6.54 Å². The van der Waals surface area contributed by atoms with Crippen molar-refractivity contribution in [2.75, 3.05) is 46.8 Å². The summed E-state index contributed by atoms with van der Waals surface area (Å²) < 4.78 is 1.85. The first kappa shape index (κ1) is 16.5. The van der Waals surface area contributed by atoms with Crippen LogP contribution in [0.25, 0.3) is 0 Å². The number of hydrogen-bond acceptors (Lipinski definition) is 4. The summed E-state index contributed by atoms with van der Waals surface area (Å²) in [5, 5.41) is 4.22. The van der Waals surface area contributed by atoms with E-state index in [1.807, 2.05) is 23.9 Å². The first-order valence-corrected chi connectivity index (χ1v) is 8.66. The Hall–Kier alpha value is -1.40. The second kappa shape index (κ2) is 6.61. The molecule has 3 heterocycles. The Balaban J connectivity index is 1.64. The third-order valence-electron chi connectivity index (χ3n) is 5.67. The molecule has 0 radical (unpaired) electrons. The molecule has 1 aromatic heterocycles. The fourth-order valence-electron chi connectivity index (χ4n) is 3.90. The standard InChI is InChI=1S/C17H29N5O/c1-15(13-22-8-4-7-18-22)16(23)21-12-11-20(3)17(14-21)5-9-19(2)10-6-17/h4,7-8,15H,5-6,9-14H2,1-3H3. The van der Waals surface area contributed by atoms with Crippen LogP contribution in [0.2, 0.25) is 0 Å². The third-order valence-corrected chi connectivity index (χ3v) is 5.67. The molecular weight excluding hydrogens is 290 g/mol. The molecule has 2 aliphatic heterocycles. The summed E-state index contributed by atoms with van der Waals surface area (Å²) in [6, 6.07) is 1.90. The predicted octanol–water partition coefficient (Wildman–Crippen LogP) is 0.758. The largest absolute Gasteiger partial charge is 0.339 e. The normalized spacial score (nSPS) is 24.0. The van der Waals surface area contributed by atoms with Crippen LogP contribution in [0.4, 0.5) is 0 Å². The molecule has 1 amide bonds. The number of piperidine rings is 1. The van der Waals surface area contributed by atoms with Gasteiger partial charge in [0, 0.05) is 37.6 Å².